The predicted octanol–water partition coefficient (Wildman–Crippen LogP) is 1.77. The van der Waals surface area contributed by atoms with Crippen molar-refractivity contribution < 1.29 is 14.3 Å². The van der Waals surface area contributed by atoms with Crippen molar-refractivity contribution in [2.75, 3.05) is 13.3 Å². The summed E-state index contributed by atoms with van der Waals surface area (Å²) >= 11 is 0. The topological polar surface area (TPSA) is 98.0 Å². The lowest BCUT2D eigenvalue weighted by molar-refractivity contribution is 0.1000. The second kappa shape index (κ2) is 8.24. The molecule has 2 aromatic carbocycles. The van der Waals surface area contributed by atoms with Crippen molar-refractivity contribution in [2.24, 2.45) is 10.7 Å². The third kappa shape index (κ3) is 4.44. The van der Waals surface area contributed by atoms with Gasteiger partial charge in [0.1, 0.15) is 0 Å². The molecule has 0 saturated carbocycles. The number of nitrogens with zero attached hydrogens (tertiary/aromatic N) is 1. The fourth-order valence-corrected chi connectivity index (χ4v) is 2.57. The highest BCUT2D eigenvalue weighted by Gasteiger charge is 2.13. The van der Waals surface area contributed by atoms with Gasteiger partial charge in [-0.05, 0) is 42.3 Å². The van der Waals surface area contributed by atoms with Crippen molar-refractivity contribution in [3.63, 3.8) is 0 Å². The van der Waals surface area contributed by atoms with Crippen molar-refractivity contribution in [2.45, 2.75) is 20.0 Å². The molecule has 0 fully saturated rings. The van der Waals surface area contributed by atoms with Gasteiger partial charge >= 0.3 is 0 Å². The van der Waals surface area contributed by atoms with Gasteiger partial charge in [-0.25, -0.2) is 4.99 Å². The molecule has 3 rings (SSSR count). The summed E-state index contributed by atoms with van der Waals surface area (Å²) in [5.41, 5.74) is 7.78. The molecule has 1 heterocycles. The van der Waals surface area contributed by atoms with Crippen LogP contribution in [-0.4, -0.2) is 25.2 Å². The number of rotatable bonds is 6. The Hall–Kier alpha value is -3.22. The molecule has 7 nitrogen and oxygen atoms in total. The molecule has 0 radical (unpaired) electrons. The zero-order chi connectivity index (χ0) is 18.4. The second-order valence-electron chi connectivity index (χ2n) is 5.80. The highest BCUT2D eigenvalue weighted by atomic mass is 16.7. The molecule has 0 unspecified atom stereocenters. The molecule has 7 heteroatoms. The minimum absolute atomic E-state index is 0.265. The van der Waals surface area contributed by atoms with Crippen LogP contribution in [0.4, 0.5) is 0 Å². The van der Waals surface area contributed by atoms with E-state index in [2.05, 4.69) is 15.6 Å². The lowest BCUT2D eigenvalue weighted by Gasteiger charge is -2.12. The van der Waals surface area contributed by atoms with Gasteiger partial charge in [0.05, 0.1) is 6.54 Å². The Labute approximate surface area is 152 Å². The maximum atomic E-state index is 11.3. The van der Waals surface area contributed by atoms with Crippen molar-refractivity contribution in [1.29, 1.82) is 0 Å². The Morgan fingerprint density at radius 1 is 1.12 bits per heavy atom. The molecule has 0 bridgehead atoms. The number of carbonyl (C=O) groups is 1. The number of primary amides is 1. The summed E-state index contributed by atoms with van der Waals surface area (Å²) in [7, 11) is 0. The highest BCUT2D eigenvalue weighted by Crippen LogP contribution is 2.32. The van der Waals surface area contributed by atoms with Crippen LogP contribution in [0.1, 0.15) is 28.4 Å². The maximum Gasteiger partial charge on any atom is 0.248 e. The number of carbonyl (C=O) groups excluding carboxylic acids is 1. The van der Waals surface area contributed by atoms with Crippen LogP contribution in [0.5, 0.6) is 11.5 Å². The minimum Gasteiger partial charge on any atom is -0.454 e. The third-order valence-electron chi connectivity index (χ3n) is 3.87. The molecule has 1 aliphatic heterocycles. The number of nitrogens with one attached hydrogen (secondary N) is 2. The van der Waals surface area contributed by atoms with Crippen LogP contribution in [0.3, 0.4) is 0 Å². The summed E-state index contributed by atoms with van der Waals surface area (Å²) in [6.07, 6.45) is 0. The van der Waals surface area contributed by atoms with Gasteiger partial charge in [-0.2, -0.15) is 0 Å². The molecule has 26 heavy (non-hydrogen) atoms. The summed E-state index contributed by atoms with van der Waals surface area (Å²) in [6.45, 7) is 4.06. The molecule has 0 spiro atoms. The van der Waals surface area contributed by atoms with Gasteiger partial charge in [-0.1, -0.05) is 18.2 Å². The smallest absolute Gasteiger partial charge is 0.248 e. The van der Waals surface area contributed by atoms with E-state index in [4.69, 9.17) is 15.2 Å². The van der Waals surface area contributed by atoms with E-state index in [0.29, 0.717) is 24.6 Å². The number of hydrogen-bond donors (Lipinski definition) is 3. The Morgan fingerprint density at radius 2 is 1.96 bits per heavy atom. The van der Waals surface area contributed by atoms with Crippen molar-refractivity contribution in [3.05, 3.63) is 59.2 Å². The van der Waals surface area contributed by atoms with E-state index in [-0.39, 0.29) is 6.79 Å². The van der Waals surface area contributed by atoms with Crippen LogP contribution in [0.2, 0.25) is 0 Å². The molecule has 1 amide bonds. The summed E-state index contributed by atoms with van der Waals surface area (Å²) in [4.78, 5) is 15.8. The largest absolute Gasteiger partial charge is 0.454 e. The van der Waals surface area contributed by atoms with Crippen LogP contribution < -0.4 is 25.8 Å². The number of fused-ring (bicyclic) bond motifs is 1. The van der Waals surface area contributed by atoms with Gasteiger partial charge in [0.2, 0.25) is 12.7 Å². The number of ether oxygens (including phenoxy) is 2. The minimum atomic E-state index is -0.441. The average Bonchev–Trinajstić information content (AvgIpc) is 3.12. The first-order valence-electron chi connectivity index (χ1n) is 8.45. The van der Waals surface area contributed by atoms with Crippen LogP contribution >= 0.6 is 0 Å². The van der Waals surface area contributed by atoms with E-state index in [0.717, 1.165) is 29.2 Å². The average molecular weight is 354 g/mol. The fraction of sp³-hybridized carbons (Fsp3) is 0.263. The first-order valence-corrected chi connectivity index (χ1v) is 8.45. The van der Waals surface area contributed by atoms with E-state index in [1.807, 2.05) is 31.2 Å². The van der Waals surface area contributed by atoms with E-state index in [1.165, 1.54) is 0 Å². The maximum absolute atomic E-state index is 11.3. The lowest BCUT2D eigenvalue weighted by atomic mass is 10.1. The van der Waals surface area contributed by atoms with Crippen LogP contribution in [0, 0.1) is 0 Å². The zero-order valence-electron chi connectivity index (χ0n) is 14.6. The van der Waals surface area contributed by atoms with Gasteiger partial charge in [0, 0.05) is 18.7 Å². The molecule has 0 aliphatic carbocycles. The van der Waals surface area contributed by atoms with E-state index in [1.54, 1.807) is 18.2 Å². The number of amides is 1. The Balaban J connectivity index is 1.64. The molecular weight excluding hydrogens is 332 g/mol. The Bertz CT molecular complexity index is 820. The SMILES string of the molecule is CCNC(=NCc1cccc(C(N)=O)c1)NCc1ccc2c(c1)OCO2. The molecule has 1 aliphatic rings. The summed E-state index contributed by atoms with van der Waals surface area (Å²) < 4.78 is 10.7. The van der Waals surface area contributed by atoms with Gasteiger partial charge in [-0.15, -0.1) is 0 Å². The van der Waals surface area contributed by atoms with E-state index >= 15 is 0 Å². The van der Waals surface area contributed by atoms with Gasteiger partial charge < -0.3 is 25.8 Å². The van der Waals surface area contributed by atoms with Crippen molar-refractivity contribution in [3.8, 4) is 11.5 Å². The van der Waals surface area contributed by atoms with Crippen molar-refractivity contribution in [1.82, 2.24) is 10.6 Å². The predicted molar refractivity (Wildman–Crippen MR) is 99.2 cm³/mol. The Kier molecular flexibility index (Phi) is 5.58. The number of nitrogens with two attached hydrogens (primary N) is 1. The first-order chi connectivity index (χ1) is 12.7. The standard InChI is InChI=1S/C19H22N4O3/c1-2-21-19(22-10-13-4-3-5-15(8-13)18(20)24)23-11-14-6-7-16-17(9-14)26-12-25-16/h3-9H,2,10-12H2,1H3,(H2,20,24)(H2,21,22,23). The second-order valence-corrected chi connectivity index (χ2v) is 5.80. The molecular formula is C19H22N4O3. The van der Waals surface area contributed by atoms with Crippen LogP contribution in [0.25, 0.3) is 0 Å². The number of benzene rings is 2. The molecule has 2 aromatic rings. The lowest BCUT2D eigenvalue weighted by Crippen LogP contribution is -2.36. The molecule has 136 valence electrons. The highest BCUT2D eigenvalue weighted by molar-refractivity contribution is 5.92. The van der Waals surface area contributed by atoms with Gasteiger partial charge in [-0.3, -0.25) is 4.79 Å². The normalized spacial score (nSPS) is 12.7. The number of hydrogen-bond acceptors (Lipinski definition) is 4. The summed E-state index contributed by atoms with van der Waals surface area (Å²) in [5.74, 6) is 1.77. The summed E-state index contributed by atoms with van der Waals surface area (Å²) in [6, 6.07) is 13.0. The van der Waals surface area contributed by atoms with E-state index < -0.39 is 5.91 Å². The number of guanidine groups is 1. The zero-order valence-corrected chi connectivity index (χ0v) is 14.6. The monoisotopic (exact) mass is 354 g/mol. The third-order valence-corrected chi connectivity index (χ3v) is 3.87. The molecule has 0 atom stereocenters. The number of aliphatic imine (C=N–C) groups is 1. The van der Waals surface area contributed by atoms with Gasteiger partial charge in [0.15, 0.2) is 17.5 Å². The molecule has 4 N–H and O–H groups in total. The van der Waals surface area contributed by atoms with Crippen LogP contribution in [-0.2, 0) is 13.1 Å². The van der Waals surface area contributed by atoms with E-state index in [9.17, 15) is 4.79 Å². The van der Waals surface area contributed by atoms with Gasteiger partial charge in [0.25, 0.3) is 0 Å². The molecule has 0 saturated heterocycles. The Morgan fingerprint density at radius 3 is 2.77 bits per heavy atom. The quantitative estimate of drug-likeness (QED) is 0.542. The van der Waals surface area contributed by atoms with Crippen molar-refractivity contribution >= 4 is 11.9 Å². The summed E-state index contributed by atoms with van der Waals surface area (Å²) in [5, 5.41) is 6.49. The van der Waals surface area contributed by atoms with Crippen LogP contribution in [0.15, 0.2) is 47.5 Å². The fourth-order valence-electron chi connectivity index (χ4n) is 2.57. The molecule has 0 aromatic heterocycles. The first kappa shape index (κ1) is 17.6.